The number of carbonyl (C=O) groups excluding carboxylic acids is 1. The number of halogens is 2. The normalized spacial score (nSPS) is 21.1. The predicted molar refractivity (Wildman–Crippen MR) is 57.0 cm³/mol. The van der Waals surface area contributed by atoms with Gasteiger partial charge < -0.3 is 0 Å². The van der Waals surface area contributed by atoms with Crippen LogP contribution in [0.4, 0.5) is 8.78 Å². The minimum atomic E-state index is -0.571. The van der Waals surface area contributed by atoms with E-state index in [0.717, 1.165) is 25.3 Å². The Labute approximate surface area is 93.5 Å². The lowest BCUT2D eigenvalue weighted by molar-refractivity contribution is -0.124. The number of carbonyl (C=O) groups is 1. The molecule has 86 valence electrons. The van der Waals surface area contributed by atoms with E-state index < -0.39 is 11.6 Å². The molecule has 1 atom stereocenters. The van der Waals surface area contributed by atoms with Crippen molar-refractivity contribution in [2.45, 2.75) is 32.1 Å². The molecule has 1 unspecified atom stereocenters. The van der Waals surface area contributed by atoms with Crippen LogP contribution in [0.1, 0.15) is 31.2 Å². The molecule has 0 heterocycles. The number of hydrogen-bond acceptors (Lipinski definition) is 1. The first-order valence-corrected chi connectivity index (χ1v) is 5.63. The van der Waals surface area contributed by atoms with E-state index in [1.54, 1.807) is 0 Å². The maximum atomic E-state index is 13.0. The molecule has 1 nitrogen and oxygen atoms in total. The fourth-order valence-electron chi connectivity index (χ4n) is 2.28. The van der Waals surface area contributed by atoms with E-state index in [0.29, 0.717) is 18.4 Å². The minimum Gasteiger partial charge on any atom is -0.299 e. The number of benzene rings is 1. The van der Waals surface area contributed by atoms with Crippen molar-refractivity contribution in [3.63, 3.8) is 0 Å². The first kappa shape index (κ1) is 11.2. The van der Waals surface area contributed by atoms with Crippen molar-refractivity contribution >= 4 is 5.78 Å². The first-order chi connectivity index (χ1) is 7.65. The van der Waals surface area contributed by atoms with E-state index in [9.17, 15) is 13.6 Å². The van der Waals surface area contributed by atoms with Crippen LogP contribution in [0.15, 0.2) is 18.2 Å². The molecule has 0 aliphatic heterocycles. The fraction of sp³-hybridized carbons (Fsp3) is 0.462. The molecule has 2 rings (SSSR count). The molecule has 1 aromatic rings. The molecule has 0 N–H and O–H groups in total. The van der Waals surface area contributed by atoms with Gasteiger partial charge in [-0.15, -0.1) is 0 Å². The molecule has 0 saturated heterocycles. The Balaban J connectivity index is 2.10. The second-order valence-corrected chi connectivity index (χ2v) is 4.39. The Morgan fingerprint density at radius 2 is 1.81 bits per heavy atom. The molecular formula is C13H14F2O. The highest BCUT2D eigenvalue weighted by atomic mass is 19.1. The van der Waals surface area contributed by atoms with Gasteiger partial charge in [0.15, 0.2) is 0 Å². The van der Waals surface area contributed by atoms with Crippen molar-refractivity contribution < 1.29 is 13.6 Å². The number of rotatable bonds is 2. The van der Waals surface area contributed by atoms with Crippen LogP contribution in [0.2, 0.25) is 0 Å². The highest BCUT2D eigenvalue weighted by Crippen LogP contribution is 2.24. The Hall–Kier alpha value is -1.25. The number of hydrogen-bond donors (Lipinski definition) is 0. The van der Waals surface area contributed by atoms with Crippen LogP contribution < -0.4 is 0 Å². The third-order valence-electron chi connectivity index (χ3n) is 3.09. The largest absolute Gasteiger partial charge is 0.299 e. The summed E-state index contributed by atoms with van der Waals surface area (Å²) >= 11 is 0. The summed E-state index contributed by atoms with van der Waals surface area (Å²) < 4.78 is 25.9. The molecule has 16 heavy (non-hydrogen) atoms. The summed E-state index contributed by atoms with van der Waals surface area (Å²) in [5.41, 5.74) is 0.581. The van der Waals surface area contributed by atoms with Crippen molar-refractivity contribution in [3.05, 3.63) is 35.4 Å². The van der Waals surface area contributed by atoms with E-state index in [1.807, 2.05) is 0 Å². The van der Waals surface area contributed by atoms with E-state index in [2.05, 4.69) is 0 Å². The molecule has 1 aromatic carbocycles. The van der Waals surface area contributed by atoms with Gasteiger partial charge in [-0.25, -0.2) is 8.78 Å². The lowest BCUT2D eigenvalue weighted by Crippen LogP contribution is -2.21. The fourth-order valence-corrected chi connectivity index (χ4v) is 2.28. The molecule has 3 heteroatoms. The number of ketones is 1. The molecule has 0 amide bonds. The maximum Gasteiger partial charge on any atom is 0.136 e. The molecular weight excluding hydrogens is 210 g/mol. The molecule has 1 fully saturated rings. The van der Waals surface area contributed by atoms with Gasteiger partial charge in [-0.2, -0.15) is 0 Å². The van der Waals surface area contributed by atoms with Crippen molar-refractivity contribution in [3.8, 4) is 0 Å². The van der Waals surface area contributed by atoms with Gasteiger partial charge in [0.05, 0.1) is 0 Å². The molecule has 0 radical (unpaired) electrons. The van der Waals surface area contributed by atoms with Crippen LogP contribution in [0.3, 0.4) is 0 Å². The molecule has 0 bridgehead atoms. The second kappa shape index (κ2) is 4.73. The van der Waals surface area contributed by atoms with Crippen LogP contribution in [-0.2, 0) is 11.2 Å². The zero-order chi connectivity index (χ0) is 11.5. The van der Waals surface area contributed by atoms with Gasteiger partial charge in [-0.1, -0.05) is 6.42 Å². The van der Waals surface area contributed by atoms with Gasteiger partial charge in [0, 0.05) is 18.4 Å². The Bertz CT molecular complexity index is 381. The standard InChI is InChI=1S/C13H14F2O/c14-11-6-9(7-12(15)8-11)5-10-3-1-2-4-13(10)16/h6-8,10H,1-5H2. The third kappa shape index (κ3) is 2.65. The highest BCUT2D eigenvalue weighted by Gasteiger charge is 2.22. The maximum absolute atomic E-state index is 13.0. The van der Waals surface area contributed by atoms with E-state index in [-0.39, 0.29) is 11.7 Å². The van der Waals surface area contributed by atoms with Crippen LogP contribution >= 0.6 is 0 Å². The predicted octanol–water partition coefficient (Wildman–Crippen LogP) is 3.27. The zero-order valence-electron chi connectivity index (χ0n) is 9.01. The van der Waals surface area contributed by atoms with Gasteiger partial charge >= 0.3 is 0 Å². The van der Waals surface area contributed by atoms with Crippen molar-refractivity contribution in [1.82, 2.24) is 0 Å². The average Bonchev–Trinajstić information content (AvgIpc) is 2.20. The summed E-state index contributed by atoms with van der Waals surface area (Å²) in [4.78, 5) is 11.6. The summed E-state index contributed by atoms with van der Waals surface area (Å²) in [5, 5.41) is 0. The molecule has 0 spiro atoms. The van der Waals surface area contributed by atoms with Gasteiger partial charge in [-0.05, 0) is 37.0 Å². The highest BCUT2D eigenvalue weighted by molar-refractivity contribution is 5.81. The molecule has 1 saturated carbocycles. The topological polar surface area (TPSA) is 17.1 Å². The van der Waals surface area contributed by atoms with Crippen molar-refractivity contribution in [1.29, 1.82) is 0 Å². The molecule has 1 aliphatic carbocycles. The van der Waals surface area contributed by atoms with Gasteiger partial charge in [0.2, 0.25) is 0 Å². The summed E-state index contributed by atoms with van der Waals surface area (Å²) in [6.07, 6.45) is 3.91. The minimum absolute atomic E-state index is 0.0463. The summed E-state index contributed by atoms with van der Waals surface area (Å²) in [6, 6.07) is 3.47. The van der Waals surface area contributed by atoms with Crippen LogP contribution in [0.25, 0.3) is 0 Å². The smallest absolute Gasteiger partial charge is 0.136 e. The second-order valence-electron chi connectivity index (χ2n) is 4.39. The van der Waals surface area contributed by atoms with Crippen LogP contribution in [0, 0.1) is 17.6 Å². The first-order valence-electron chi connectivity index (χ1n) is 5.63. The monoisotopic (exact) mass is 224 g/mol. The quantitative estimate of drug-likeness (QED) is 0.753. The van der Waals surface area contributed by atoms with E-state index in [4.69, 9.17) is 0 Å². The van der Waals surface area contributed by atoms with Crippen LogP contribution in [-0.4, -0.2) is 5.78 Å². The van der Waals surface area contributed by atoms with Gasteiger partial charge in [0.25, 0.3) is 0 Å². The lowest BCUT2D eigenvalue weighted by Gasteiger charge is -2.20. The van der Waals surface area contributed by atoms with Gasteiger partial charge in [0.1, 0.15) is 17.4 Å². The lowest BCUT2D eigenvalue weighted by atomic mass is 9.84. The molecule has 1 aliphatic rings. The summed E-state index contributed by atoms with van der Waals surface area (Å²) in [6.45, 7) is 0. The van der Waals surface area contributed by atoms with Crippen molar-refractivity contribution in [2.75, 3.05) is 0 Å². The SMILES string of the molecule is O=C1CCCCC1Cc1cc(F)cc(F)c1. The summed E-state index contributed by atoms with van der Waals surface area (Å²) in [5.74, 6) is -0.956. The third-order valence-corrected chi connectivity index (χ3v) is 3.09. The van der Waals surface area contributed by atoms with Gasteiger partial charge in [-0.3, -0.25) is 4.79 Å². The summed E-state index contributed by atoms with van der Waals surface area (Å²) in [7, 11) is 0. The average molecular weight is 224 g/mol. The van der Waals surface area contributed by atoms with E-state index >= 15 is 0 Å². The Morgan fingerprint density at radius 3 is 2.44 bits per heavy atom. The van der Waals surface area contributed by atoms with Crippen LogP contribution in [0.5, 0.6) is 0 Å². The zero-order valence-corrected chi connectivity index (χ0v) is 9.01. The molecule has 0 aromatic heterocycles. The Kier molecular flexibility index (Phi) is 3.32. The van der Waals surface area contributed by atoms with Crippen molar-refractivity contribution in [2.24, 2.45) is 5.92 Å². The number of Topliss-reactive ketones (excluding diaryl/α,β-unsaturated/α-hetero) is 1. The van der Waals surface area contributed by atoms with E-state index in [1.165, 1.54) is 12.1 Å². The Morgan fingerprint density at radius 1 is 1.12 bits per heavy atom.